The number of fused-ring (bicyclic) bond motifs is 2. The van der Waals surface area contributed by atoms with Gasteiger partial charge in [-0.05, 0) is 62.1 Å². The van der Waals surface area contributed by atoms with Crippen molar-refractivity contribution < 1.29 is 0 Å². The summed E-state index contributed by atoms with van der Waals surface area (Å²) in [7, 11) is 0. The van der Waals surface area contributed by atoms with Crippen molar-refractivity contribution in [3.8, 4) is 0 Å². The van der Waals surface area contributed by atoms with Crippen LogP contribution < -0.4 is 0 Å². The van der Waals surface area contributed by atoms with Gasteiger partial charge in [0.25, 0.3) is 0 Å². The minimum Gasteiger partial charge on any atom is -0.346 e. The van der Waals surface area contributed by atoms with Crippen LogP contribution in [0.1, 0.15) is 38.1 Å². The second-order valence-corrected chi connectivity index (χ2v) is 6.84. The van der Waals surface area contributed by atoms with E-state index >= 15 is 0 Å². The van der Waals surface area contributed by atoms with Gasteiger partial charge in [-0.3, -0.25) is 9.97 Å². The minimum atomic E-state index is 0.497. The second-order valence-electron chi connectivity index (χ2n) is 6.84. The summed E-state index contributed by atoms with van der Waals surface area (Å²) in [5.74, 6) is 0. The third-order valence-electron chi connectivity index (χ3n) is 5.14. The molecule has 4 nitrogen and oxygen atoms in total. The molecule has 0 spiro atoms. The van der Waals surface area contributed by atoms with E-state index in [4.69, 9.17) is 0 Å². The van der Waals surface area contributed by atoms with Crippen LogP contribution in [-0.2, 0) is 6.54 Å². The summed E-state index contributed by atoms with van der Waals surface area (Å²) < 4.78 is 4.70. The molecular weight excluding hydrogens is 320 g/mol. The highest BCUT2D eigenvalue weighted by Gasteiger charge is 2.13. The fraction of sp³-hybridized carbons (Fsp3) is 0.318. The van der Waals surface area contributed by atoms with E-state index in [-0.39, 0.29) is 0 Å². The van der Waals surface area contributed by atoms with E-state index in [0.717, 1.165) is 30.4 Å². The van der Waals surface area contributed by atoms with Gasteiger partial charge in [0.1, 0.15) is 0 Å². The van der Waals surface area contributed by atoms with Crippen molar-refractivity contribution in [1.82, 2.24) is 19.1 Å². The Kier molecular flexibility index (Phi) is 5.00. The molecule has 0 aromatic carbocycles. The van der Waals surface area contributed by atoms with Crippen LogP contribution in [0.3, 0.4) is 0 Å². The Bertz CT molecular complexity index is 982. The highest BCUT2D eigenvalue weighted by molar-refractivity contribution is 5.76. The zero-order valence-electron chi connectivity index (χ0n) is 15.1. The van der Waals surface area contributed by atoms with Crippen LogP contribution in [0.15, 0.2) is 61.2 Å². The molecule has 0 saturated heterocycles. The van der Waals surface area contributed by atoms with Gasteiger partial charge >= 0.3 is 0 Å². The fourth-order valence-corrected chi connectivity index (χ4v) is 3.84. The number of pyridine rings is 2. The van der Waals surface area contributed by atoms with Gasteiger partial charge in [-0.25, -0.2) is 0 Å². The van der Waals surface area contributed by atoms with Gasteiger partial charge in [-0.2, -0.15) is 0 Å². The topological polar surface area (TPSA) is 35.6 Å². The van der Waals surface area contributed by atoms with E-state index < -0.39 is 0 Å². The maximum absolute atomic E-state index is 4.46. The molecule has 4 aromatic heterocycles. The molecular formula is C22H25N4. The molecule has 26 heavy (non-hydrogen) atoms. The fourth-order valence-electron chi connectivity index (χ4n) is 3.84. The van der Waals surface area contributed by atoms with Gasteiger partial charge in [-0.15, -0.1) is 0 Å². The van der Waals surface area contributed by atoms with Crippen molar-refractivity contribution in [1.29, 1.82) is 0 Å². The number of unbranched alkanes of at least 4 members (excludes halogenated alkanes) is 1. The minimum absolute atomic E-state index is 0.497. The molecule has 4 rings (SSSR count). The van der Waals surface area contributed by atoms with Crippen LogP contribution >= 0.6 is 0 Å². The summed E-state index contributed by atoms with van der Waals surface area (Å²) in [4.78, 5) is 8.87. The highest BCUT2D eigenvalue weighted by Crippen LogP contribution is 2.26. The third-order valence-corrected chi connectivity index (χ3v) is 5.14. The molecule has 0 N–H and O–H groups in total. The van der Waals surface area contributed by atoms with Crippen LogP contribution in [0.2, 0.25) is 0 Å². The number of hydrogen-bond donors (Lipinski definition) is 0. The lowest BCUT2D eigenvalue weighted by Gasteiger charge is -2.19. The smallest absolute Gasteiger partial charge is 0.0880 e. The number of aromatic nitrogens is 4. The van der Waals surface area contributed by atoms with Gasteiger partial charge in [0.2, 0.25) is 0 Å². The molecule has 0 amide bonds. The lowest BCUT2D eigenvalue weighted by atomic mass is 10.0. The first kappa shape index (κ1) is 16.8. The summed E-state index contributed by atoms with van der Waals surface area (Å²) >= 11 is 0. The van der Waals surface area contributed by atoms with Crippen molar-refractivity contribution >= 4 is 22.1 Å². The molecule has 4 heteroatoms. The van der Waals surface area contributed by atoms with Crippen molar-refractivity contribution in [2.45, 2.75) is 44.7 Å². The van der Waals surface area contributed by atoms with Crippen molar-refractivity contribution in [2.24, 2.45) is 0 Å². The van der Waals surface area contributed by atoms with E-state index in [2.05, 4.69) is 62.7 Å². The quantitative estimate of drug-likeness (QED) is 0.400. The molecule has 0 aliphatic rings. The van der Waals surface area contributed by atoms with E-state index in [1.165, 1.54) is 30.3 Å². The summed E-state index contributed by atoms with van der Waals surface area (Å²) in [5.41, 5.74) is 4.61. The molecule has 0 bridgehead atoms. The summed E-state index contributed by atoms with van der Waals surface area (Å²) in [6, 6.07) is 13.0. The van der Waals surface area contributed by atoms with Gasteiger partial charge < -0.3 is 9.13 Å². The van der Waals surface area contributed by atoms with Crippen LogP contribution in [0.5, 0.6) is 0 Å². The SMILES string of the molecule is [CH2]CCC(CCCCn1ccc2ncccc21)n1ccc2ncccc21. The Balaban J connectivity index is 1.40. The number of rotatable bonds is 8. The standard InChI is InChI=1S/C22H25N4/c1-2-7-18(26-17-12-20-22(26)10-6-14-24-20)8-3-4-15-25-16-11-19-21(25)9-5-13-23-19/h5-6,9-14,16-18H,1-4,7-8,15H2. The van der Waals surface area contributed by atoms with Gasteiger partial charge in [-0.1, -0.05) is 13.3 Å². The van der Waals surface area contributed by atoms with E-state index in [1.54, 1.807) is 0 Å². The molecule has 0 fully saturated rings. The largest absolute Gasteiger partial charge is 0.346 e. The molecule has 133 valence electrons. The van der Waals surface area contributed by atoms with Gasteiger partial charge in [0, 0.05) is 37.4 Å². The second kappa shape index (κ2) is 7.73. The maximum Gasteiger partial charge on any atom is 0.0880 e. The predicted molar refractivity (Wildman–Crippen MR) is 107 cm³/mol. The predicted octanol–water partition coefficient (Wildman–Crippen LogP) is 5.41. The van der Waals surface area contributed by atoms with Crippen molar-refractivity contribution in [2.75, 3.05) is 0 Å². The highest BCUT2D eigenvalue weighted by atomic mass is 15.0. The zero-order chi connectivity index (χ0) is 17.8. The first-order chi connectivity index (χ1) is 12.9. The normalized spacial score (nSPS) is 12.8. The lowest BCUT2D eigenvalue weighted by molar-refractivity contribution is 0.423. The van der Waals surface area contributed by atoms with E-state index in [9.17, 15) is 0 Å². The first-order valence-electron chi connectivity index (χ1n) is 9.47. The van der Waals surface area contributed by atoms with Gasteiger partial charge in [0.15, 0.2) is 0 Å². The Morgan fingerprint density at radius 1 is 0.846 bits per heavy atom. The monoisotopic (exact) mass is 345 g/mol. The van der Waals surface area contributed by atoms with Gasteiger partial charge in [0.05, 0.1) is 22.1 Å². The molecule has 1 atom stereocenters. The van der Waals surface area contributed by atoms with Crippen LogP contribution in [0.25, 0.3) is 22.1 Å². The molecule has 4 aromatic rings. The average Bonchev–Trinajstić information content (AvgIpc) is 3.29. The summed E-state index contributed by atoms with van der Waals surface area (Å²) in [6.45, 7) is 5.12. The average molecular weight is 345 g/mol. The van der Waals surface area contributed by atoms with Crippen LogP contribution in [0, 0.1) is 6.92 Å². The van der Waals surface area contributed by atoms with Crippen molar-refractivity contribution in [3.63, 3.8) is 0 Å². The molecule has 4 heterocycles. The van der Waals surface area contributed by atoms with Crippen molar-refractivity contribution in [3.05, 3.63) is 68.1 Å². The Labute approximate surface area is 154 Å². The van der Waals surface area contributed by atoms with Crippen LogP contribution in [0.4, 0.5) is 0 Å². The molecule has 0 aliphatic heterocycles. The summed E-state index contributed by atoms with van der Waals surface area (Å²) in [5, 5.41) is 0. The maximum atomic E-state index is 4.46. The zero-order valence-corrected chi connectivity index (χ0v) is 15.1. The van der Waals surface area contributed by atoms with E-state index in [0.29, 0.717) is 6.04 Å². The molecule has 0 aliphatic carbocycles. The third kappa shape index (κ3) is 3.36. The van der Waals surface area contributed by atoms with Crippen LogP contribution in [-0.4, -0.2) is 19.1 Å². The Morgan fingerprint density at radius 2 is 1.58 bits per heavy atom. The lowest BCUT2D eigenvalue weighted by Crippen LogP contribution is -2.08. The summed E-state index contributed by atoms with van der Waals surface area (Å²) in [6.07, 6.45) is 13.7. The molecule has 0 saturated carbocycles. The number of aryl methyl sites for hydroxylation is 1. The Morgan fingerprint density at radius 3 is 2.38 bits per heavy atom. The Hall–Kier alpha value is -2.62. The molecule has 1 radical (unpaired) electrons. The number of hydrogen-bond acceptors (Lipinski definition) is 2. The molecule has 1 unspecified atom stereocenters. The van der Waals surface area contributed by atoms with E-state index in [1.807, 2.05) is 24.5 Å². The first-order valence-corrected chi connectivity index (χ1v) is 9.47. The number of nitrogens with zero attached hydrogens (tertiary/aromatic N) is 4.